The molecule has 2 bridgehead atoms. The topological polar surface area (TPSA) is 180 Å². The molecule has 210 valence electrons. The molecule has 38 heavy (non-hydrogen) atoms. The quantitative estimate of drug-likeness (QED) is 0.317. The number of aliphatic hydroxyl groups is 4. The minimum Gasteiger partial charge on any atom is -0.479 e. The number of aliphatic carboxylic acids is 1. The first-order valence-corrected chi connectivity index (χ1v) is 13.6. The van der Waals surface area contributed by atoms with Gasteiger partial charge in [0.2, 0.25) is 0 Å². The zero-order valence-electron chi connectivity index (χ0n) is 21.3. The molecule has 4 aliphatic carbocycles. The summed E-state index contributed by atoms with van der Waals surface area (Å²) in [5.74, 6) is -1.93. The van der Waals surface area contributed by atoms with Crippen LogP contribution in [-0.4, -0.2) is 92.8 Å². The van der Waals surface area contributed by atoms with Gasteiger partial charge in [-0.05, 0) is 67.8 Å². The Morgan fingerprint density at radius 1 is 1.08 bits per heavy atom. The second kappa shape index (κ2) is 9.15. The van der Waals surface area contributed by atoms with Gasteiger partial charge in [0.05, 0.1) is 6.10 Å². The Morgan fingerprint density at radius 3 is 2.55 bits per heavy atom. The molecule has 3 saturated carbocycles. The van der Waals surface area contributed by atoms with Crippen molar-refractivity contribution in [3.8, 4) is 0 Å². The summed E-state index contributed by atoms with van der Waals surface area (Å²) in [6.07, 6.45) is -3.83. The van der Waals surface area contributed by atoms with Crippen LogP contribution in [0.4, 0.5) is 0 Å². The third-order valence-electron chi connectivity index (χ3n) is 10.8. The van der Waals surface area contributed by atoms with Crippen molar-refractivity contribution in [1.82, 2.24) is 0 Å². The molecular formula is C27H36O11. The Balaban J connectivity index is 1.37. The lowest BCUT2D eigenvalue weighted by Gasteiger charge is -2.57. The van der Waals surface area contributed by atoms with Crippen LogP contribution in [0.25, 0.3) is 0 Å². The summed E-state index contributed by atoms with van der Waals surface area (Å²) in [6, 6.07) is 0. The molecule has 0 amide bonds. The number of allylic oxidation sites excluding steroid dienone is 1. The molecule has 2 saturated heterocycles. The molecule has 0 radical (unpaired) electrons. The second-order valence-corrected chi connectivity index (χ2v) is 12.3. The van der Waals surface area contributed by atoms with Crippen LogP contribution in [0.15, 0.2) is 11.6 Å². The number of Topliss-reactive ketones (excluding diaryl/α,β-unsaturated/α-hetero) is 1. The van der Waals surface area contributed by atoms with Crippen molar-refractivity contribution in [2.75, 3.05) is 6.61 Å². The predicted octanol–water partition coefficient (Wildman–Crippen LogP) is -0.0804. The van der Waals surface area contributed by atoms with Gasteiger partial charge >= 0.3 is 5.97 Å². The molecule has 0 aromatic heterocycles. The normalized spacial score (nSPS) is 51.6. The zero-order valence-corrected chi connectivity index (χ0v) is 21.3. The highest BCUT2D eigenvalue weighted by molar-refractivity contribution is 5.91. The molecule has 11 heteroatoms. The Morgan fingerprint density at radius 2 is 1.84 bits per heavy atom. The number of ether oxygens (including phenoxy) is 3. The number of hydrogen-bond donors (Lipinski definition) is 5. The summed E-state index contributed by atoms with van der Waals surface area (Å²) in [4.78, 5) is 36.9. The zero-order chi connectivity index (χ0) is 27.1. The lowest BCUT2D eigenvalue weighted by Crippen LogP contribution is -2.62. The number of carboxylic acid groups (broad SMARTS) is 1. The molecule has 2 heterocycles. The van der Waals surface area contributed by atoms with E-state index in [1.165, 1.54) is 0 Å². The van der Waals surface area contributed by atoms with E-state index < -0.39 is 60.9 Å². The Hall–Kier alpha value is -1.73. The van der Waals surface area contributed by atoms with E-state index in [1.807, 2.05) is 0 Å². The van der Waals surface area contributed by atoms with Gasteiger partial charge in [-0.3, -0.25) is 9.59 Å². The first kappa shape index (κ1) is 26.5. The van der Waals surface area contributed by atoms with Crippen LogP contribution in [0.2, 0.25) is 0 Å². The average Bonchev–Trinajstić information content (AvgIpc) is 3.42. The number of carboxylic acids is 1. The van der Waals surface area contributed by atoms with Crippen LogP contribution in [0.3, 0.4) is 0 Å². The molecule has 1 spiro atoms. The van der Waals surface area contributed by atoms with Crippen LogP contribution >= 0.6 is 0 Å². The Bertz CT molecular complexity index is 1060. The number of hydrogen-bond acceptors (Lipinski definition) is 10. The highest BCUT2D eigenvalue weighted by Crippen LogP contribution is 2.71. The van der Waals surface area contributed by atoms with Crippen molar-refractivity contribution >= 4 is 17.5 Å². The number of carbonyl (C=O) groups is 3. The van der Waals surface area contributed by atoms with Gasteiger partial charge in [0.15, 0.2) is 30.3 Å². The second-order valence-electron chi connectivity index (χ2n) is 12.3. The molecular weight excluding hydrogens is 500 g/mol. The third-order valence-corrected chi connectivity index (χ3v) is 10.8. The van der Waals surface area contributed by atoms with Crippen LogP contribution in [0.5, 0.6) is 0 Å². The maximum absolute atomic E-state index is 13.0. The van der Waals surface area contributed by atoms with Gasteiger partial charge in [-0.1, -0.05) is 12.5 Å². The summed E-state index contributed by atoms with van der Waals surface area (Å²) < 4.78 is 18.2. The summed E-state index contributed by atoms with van der Waals surface area (Å²) in [5, 5.41) is 50.3. The number of aliphatic hydroxyl groups excluding tert-OH is 4. The largest absolute Gasteiger partial charge is 0.479 e. The number of carbonyl (C=O) groups excluding carboxylic acids is 2. The average molecular weight is 537 g/mol. The van der Waals surface area contributed by atoms with E-state index in [0.717, 1.165) is 31.3 Å². The SMILES string of the molecule is C[C@]12CCC(=O)C=C1CCC1C3CC[C@H](C(=O)CO)C34CC(OC4O[C@@H]3O[C@H](C(=O)O)[C@@H](O)[C@H](O)[C@H]3O)C12. The molecule has 13 atom stereocenters. The van der Waals surface area contributed by atoms with Crippen molar-refractivity contribution < 1.29 is 54.1 Å². The molecule has 6 rings (SSSR count). The molecule has 0 aromatic carbocycles. The fraction of sp³-hybridized carbons (Fsp3) is 0.815. The van der Waals surface area contributed by atoms with E-state index in [4.69, 9.17) is 14.2 Å². The summed E-state index contributed by atoms with van der Waals surface area (Å²) in [6.45, 7) is 1.58. The van der Waals surface area contributed by atoms with Crippen LogP contribution in [0.1, 0.15) is 51.9 Å². The summed E-state index contributed by atoms with van der Waals surface area (Å²) in [5.41, 5.74) is 0.0946. The molecule has 11 nitrogen and oxygen atoms in total. The van der Waals surface area contributed by atoms with Crippen molar-refractivity contribution in [2.45, 2.75) is 95.0 Å². The van der Waals surface area contributed by atoms with Gasteiger partial charge in [-0.15, -0.1) is 0 Å². The van der Waals surface area contributed by atoms with Gasteiger partial charge in [-0.2, -0.15) is 0 Å². The van der Waals surface area contributed by atoms with Gasteiger partial charge in [-0.25, -0.2) is 4.79 Å². The molecule has 0 aromatic rings. The number of ketones is 2. The molecule has 5 fully saturated rings. The minimum atomic E-state index is -1.85. The lowest BCUT2D eigenvalue weighted by atomic mass is 9.46. The Kier molecular flexibility index (Phi) is 6.38. The van der Waals surface area contributed by atoms with E-state index in [1.54, 1.807) is 6.08 Å². The van der Waals surface area contributed by atoms with Crippen molar-refractivity contribution in [3.05, 3.63) is 11.6 Å². The Labute approximate surface area is 219 Å². The van der Waals surface area contributed by atoms with E-state index in [2.05, 4.69) is 6.92 Å². The molecule has 6 unspecified atom stereocenters. The van der Waals surface area contributed by atoms with E-state index in [-0.39, 0.29) is 40.8 Å². The van der Waals surface area contributed by atoms with E-state index in [9.17, 15) is 39.9 Å². The highest BCUT2D eigenvalue weighted by atomic mass is 16.8. The van der Waals surface area contributed by atoms with Gasteiger partial charge in [0.25, 0.3) is 0 Å². The molecule has 5 N–H and O–H groups in total. The van der Waals surface area contributed by atoms with Crippen molar-refractivity contribution in [1.29, 1.82) is 0 Å². The fourth-order valence-electron chi connectivity index (χ4n) is 9.22. The first-order chi connectivity index (χ1) is 18.0. The lowest BCUT2D eigenvalue weighted by molar-refractivity contribution is -0.341. The first-order valence-electron chi connectivity index (χ1n) is 13.6. The van der Waals surface area contributed by atoms with Gasteiger partial charge in [0.1, 0.15) is 24.9 Å². The minimum absolute atomic E-state index is 0.0132. The van der Waals surface area contributed by atoms with Crippen LogP contribution in [0, 0.1) is 34.5 Å². The molecule has 6 aliphatic rings. The predicted molar refractivity (Wildman–Crippen MR) is 126 cm³/mol. The van der Waals surface area contributed by atoms with Gasteiger partial charge in [0, 0.05) is 17.8 Å². The van der Waals surface area contributed by atoms with Crippen LogP contribution in [-0.2, 0) is 28.6 Å². The highest BCUT2D eigenvalue weighted by Gasteiger charge is 2.72. The van der Waals surface area contributed by atoms with Gasteiger partial charge < -0.3 is 39.7 Å². The fourth-order valence-corrected chi connectivity index (χ4v) is 9.22. The molecule has 2 aliphatic heterocycles. The maximum atomic E-state index is 13.0. The van der Waals surface area contributed by atoms with E-state index in [0.29, 0.717) is 19.3 Å². The standard InChI is InChI=1S/C27H36O11/c1-26-7-6-12(29)8-11(26)2-3-13-14-4-5-15(16(30)10-28)27(14)9-17(18(13)26)36-25(27)38-24-21(33)19(31)20(32)22(37-24)23(34)35/h8,13-15,17-22,24-25,28,31-33H,2-7,9-10H2,1H3,(H,34,35)/t13?,14?,15-,17?,18?,19+,20+,21-,22+,24+,25?,26+,27?/m1/s1. The number of fused-ring (bicyclic) bond motifs is 6. The summed E-state index contributed by atoms with van der Waals surface area (Å²) in [7, 11) is 0. The van der Waals surface area contributed by atoms with Crippen molar-refractivity contribution in [3.63, 3.8) is 0 Å². The monoisotopic (exact) mass is 536 g/mol. The van der Waals surface area contributed by atoms with E-state index >= 15 is 0 Å². The maximum Gasteiger partial charge on any atom is 0.335 e. The summed E-state index contributed by atoms with van der Waals surface area (Å²) >= 11 is 0. The smallest absolute Gasteiger partial charge is 0.335 e. The third kappa shape index (κ3) is 3.56. The number of rotatable bonds is 5. The van der Waals surface area contributed by atoms with Crippen LogP contribution < -0.4 is 0 Å². The van der Waals surface area contributed by atoms with Crippen molar-refractivity contribution in [2.24, 2.45) is 34.5 Å².